The zero-order valence-corrected chi connectivity index (χ0v) is 7.42. The second-order valence-corrected chi connectivity index (χ2v) is 2.82. The van der Waals surface area contributed by atoms with Crippen molar-refractivity contribution in [2.45, 2.75) is 19.5 Å². The number of carbonyl (C=O) groups is 2. The summed E-state index contributed by atoms with van der Waals surface area (Å²) in [5.41, 5.74) is -0.863. The minimum atomic E-state index is -0.873. The molecular formula is C6H10B2N2O2. The van der Waals surface area contributed by atoms with Crippen molar-refractivity contribution in [1.29, 1.82) is 0 Å². The Hall–Kier alpha value is -0.770. The van der Waals surface area contributed by atoms with Gasteiger partial charge >= 0.3 is 0 Å². The Labute approximate surface area is 74.5 Å². The molecule has 2 amide bonds. The van der Waals surface area contributed by atoms with E-state index in [9.17, 15) is 9.59 Å². The summed E-state index contributed by atoms with van der Waals surface area (Å²) in [6.45, 7) is 3.23. The van der Waals surface area contributed by atoms with E-state index in [1.54, 1.807) is 20.9 Å². The largest absolute Gasteiger partial charge is 0.298 e. The summed E-state index contributed by atoms with van der Waals surface area (Å²) < 4.78 is 0. The summed E-state index contributed by atoms with van der Waals surface area (Å²) >= 11 is 0. The minimum Gasteiger partial charge on any atom is -0.298 e. The molecule has 6 heteroatoms. The van der Waals surface area contributed by atoms with Crippen molar-refractivity contribution >= 4 is 27.3 Å². The summed E-state index contributed by atoms with van der Waals surface area (Å²) in [4.78, 5) is 22.3. The maximum Gasteiger partial charge on any atom is 0.201 e. The van der Waals surface area contributed by atoms with Gasteiger partial charge in [0.05, 0.1) is 5.66 Å². The van der Waals surface area contributed by atoms with Crippen LogP contribution in [0.3, 0.4) is 0 Å². The van der Waals surface area contributed by atoms with Crippen LogP contribution in [-0.4, -0.2) is 44.9 Å². The third-order valence-corrected chi connectivity index (χ3v) is 1.61. The Morgan fingerprint density at radius 3 is 1.67 bits per heavy atom. The van der Waals surface area contributed by atoms with E-state index in [1.165, 1.54) is 0 Å². The summed E-state index contributed by atoms with van der Waals surface area (Å²) in [5.74, 6) is -1.75. The molecule has 0 aromatic heterocycles. The van der Waals surface area contributed by atoms with Gasteiger partial charge in [-0.1, -0.05) is 0 Å². The molecule has 0 bridgehead atoms. The van der Waals surface area contributed by atoms with E-state index in [2.05, 4.69) is 5.32 Å². The maximum atomic E-state index is 10.8. The first-order chi connectivity index (χ1) is 5.33. The third kappa shape index (κ3) is 2.37. The molecule has 0 aromatic rings. The SMILES string of the molecule is [B]C(=O)N(C([B])=O)C(C)(C)NC. The standard InChI is InChI=1S/C6H10B2N2O2/c1-6(2,9-3)10(4(7)11)5(8)12/h9H,1-3H3. The highest BCUT2D eigenvalue weighted by molar-refractivity contribution is 6.65. The molecule has 0 saturated carbocycles. The van der Waals surface area contributed by atoms with E-state index in [-0.39, 0.29) is 0 Å². The van der Waals surface area contributed by atoms with Gasteiger partial charge in [0.1, 0.15) is 0 Å². The molecule has 0 saturated heterocycles. The number of rotatable bonds is 2. The summed E-state index contributed by atoms with van der Waals surface area (Å²) in [6, 6.07) is 0. The maximum absolute atomic E-state index is 10.8. The van der Waals surface area contributed by atoms with Gasteiger partial charge in [-0.05, 0) is 20.9 Å². The van der Waals surface area contributed by atoms with Gasteiger partial charge in [-0.15, -0.1) is 0 Å². The molecule has 0 aliphatic heterocycles. The fraction of sp³-hybridized carbons (Fsp3) is 0.667. The van der Waals surface area contributed by atoms with Gasteiger partial charge in [0.15, 0.2) is 11.6 Å². The van der Waals surface area contributed by atoms with Crippen LogP contribution in [0.1, 0.15) is 13.8 Å². The highest BCUT2D eigenvalue weighted by Crippen LogP contribution is 2.09. The average Bonchev–Trinajstić information content (AvgIpc) is 1.84. The fourth-order valence-electron chi connectivity index (χ4n) is 0.771. The van der Waals surface area contributed by atoms with Gasteiger partial charge in [-0.2, -0.15) is 0 Å². The Morgan fingerprint density at radius 1 is 1.25 bits per heavy atom. The van der Waals surface area contributed by atoms with Crippen molar-refractivity contribution < 1.29 is 9.59 Å². The highest BCUT2D eigenvalue weighted by atomic mass is 16.2. The molecule has 4 radical (unpaired) electrons. The van der Waals surface area contributed by atoms with Gasteiger partial charge < -0.3 is 0 Å². The first-order valence-electron chi connectivity index (χ1n) is 3.41. The van der Waals surface area contributed by atoms with Crippen LogP contribution in [0.5, 0.6) is 0 Å². The predicted molar refractivity (Wildman–Crippen MR) is 47.3 cm³/mol. The number of carbonyl (C=O) groups excluding carboxylic acids is 2. The summed E-state index contributed by atoms with van der Waals surface area (Å²) in [5, 5.41) is 2.73. The van der Waals surface area contributed by atoms with Crippen molar-refractivity contribution in [1.82, 2.24) is 10.2 Å². The van der Waals surface area contributed by atoms with Crippen molar-refractivity contribution in [2.75, 3.05) is 7.05 Å². The predicted octanol–water partition coefficient (Wildman–Crippen LogP) is -0.179. The second-order valence-electron chi connectivity index (χ2n) is 2.82. The van der Waals surface area contributed by atoms with Crippen LogP contribution in [-0.2, 0) is 0 Å². The van der Waals surface area contributed by atoms with Crippen LogP contribution in [0.25, 0.3) is 0 Å². The highest BCUT2D eigenvalue weighted by Gasteiger charge is 2.29. The van der Waals surface area contributed by atoms with Crippen LogP contribution in [0.2, 0.25) is 0 Å². The van der Waals surface area contributed by atoms with Crippen LogP contribution in [0.4, 0.5) is 9.59 Å². The number of imide groups is 1. The molecular weight excluding hydrogens is 154 g/mol. The number of nitrogens with one attached hydrogen (secondary N) is 1. The topological polar surface area (TPSA) is 49.4 Å². The van der Waals surface area contributed by atoms with Crippen LogP contribution in [0.15, 0.2) is 0 Å². The van der Waals surface area contributed by atoms with E-state index in [0.29, 0.717) is 0 Å². The van der Waals surface area contributed by atoms with E-state index < -0.39 is 17.3 Å². The van der Waals surface area contributed by atoms with Crippen LogP contribution < -0.4 is 5.32 Å². The Morgan fingerprint density at radius 2 is 1.58 bits per heavy atom. The second kappa shape index (κ2) is 3.76. The van der Waals surface area contributed by atoms with Crippen molar-refractivity contribution in [3.05, 3.63) is 0 Å². The van der Waals surface area contributed by atoms with E-state index in [1.807, 2.05) is 0 Å². The molecule has 0 spiro atoms. The van der Waals surface area contributed by atoms with Crippen molar-refractivity contribution in [3.63, 3.8) is 0 Å². The zero-order chi connectivity index (χ0) is 9.94. The van der Waals surface area contributed by atoms with Gasteiger partial charge in [-0.3, -0.25) is 19.8 Å². The number of nitrogens with zero attached hydrogens (tertiary/aromatic N) is 1. The lowest BCUT2D eigenvalue weighted by molar-refractivity contribution is 0.156. The first kappa shape index (κ1) is 11.2. The van der Waals surface area contributed by atoms with Gasteiger partial charge in [-0.25, -0.2) is 0 Å². The molecule has 1 N–H and O–H groups in total. The molecule has 12 heavy (non-hydrogen) atoms. The molecule has 0 aliphatic rings. The lowest BCUT2D eigenvalue weighted by Gasteiger charge is -2.36. The Balaban J connectivity index is 4.74. The molecule has 0 atom stereocenters. The van der Waals surface area contributed by atoms with Crippen molar-refractivity contribution in [3.8, 4) is 0 Å². The molecule has 62 valence electrons. The molecule has 0 rings (SSSR count). The van der Waals surface area contributed by atoms with Gasteiger partial charge in [0.2, 0.25) is 15.7 Å². The monoisotopic (exact) mass is 164 g/mol. The lowest BCUT2D eigenvalue weighted by Crippen LogP contribution is -2.57. The molecule has 0 heterocycles. The zero-order valence-electron chi connectivity index (χ0n) is 7.42. The van der Waals surface area contributed by atoms with Gasteiger partial charge in [0, 0.05) is 0 Å². The fourth-order valence-corrected chi connectivity index (χ4v) is 0.771. The quantitative estimate of drug-likeness (QED) is 0.454. The smallest absolute Gasteiger partial charge is 0.201 e. The molecule has 0 fully saturated rings. The van der Waals surface area contributed by atoms with Crippen LogP contribution >= 0.6 is 0 Å². The summed E-state index contributed by atoms with van der Waals surface area (Å²) in [7, 11) is 11.5. The number of amides is 2. The molecule has 0 aromatic carbocycles. The third-order valence-electron chi connectivity index (χ3n) is 1.61. The normalized spacial score (nSPS) is 10.9. The Bertz CT molecular complexity index is 192. The van der Waals surface area contributed by atoms with E-state index in [4.69, 9.17) is 15.7 Å². The molecule has 4 nitrogen and oxygen atoms in total. The minimum absolute atomic E-state index is 0.743. The molecule has 0 unspecified atom stereocenters. The lowest BCUT2D eigenvalue weighted by atomic mass is 9.98. The molecule has 0 aliphatic carbocycles. The Kier molecular flexibility index (Phi) is 3.52. The summed E-state index contributed by atoms with van der Waals surface area (Å²) in [6.07, 6.45) is 0. The van der Waals surface area contributed by atoms with Gasteiger partial charge in [0.25, 0.3) is 0 Å². The van der Waals surface area contributed by atoms with Crippen molar-refractivity contribution in [2.24, 2.45) is 0 Å². The first-order valence-corrected chi connectivity index (χ1v) is 3.41. The van der Waals surface area contributed by atoms with E-state index in [0.717, 1.165) is 4.90 Å². The average molecular weight is 164 g/mol. The van der Waals surface area contributed by atoms with Crippen LogP contribution in [0, 0.1) is 0 Å². The number of hydrogen-bond acceptors (Lipinski definition) is 3. The van der Waals surface area contributed by atoms with E-state index >= 15 is 0 Å². The number of hydrogen-bond donors (Lipinski definition) is 1.